The summed E-state index contributed by atoms with van der Waals surface area (Å²) in [4.78, 5) is 41.8. The molecule has 3 rings (SSSR count). The molecular weight excluding hydrogens is 366 g/mol. The molecule has 0 spiro atoms. The second-order valence-corrected chi connectivity index (χ2v) is 7.57. The monoisotopic (exact) mass is 383 g/mol. The molecule has 10 heteroatoms. The van der Waals surface area contributed by atoms with Crippen LogP contribution in [0.3, 0.4) is 0 Å². The first-order chi connectivity index (χ1) is 11.9. The molecule has 1 aliphatic rings. The lowest BCUT2D eigenvalue weighted by atomic mass is 10.2. The second kappa shape index (κ2) is 7.54. The largest absolute Gasteiger partial charge is 0.479 e. The first kappa shape index (κ1) is 17.9. The molecule has 1 N–H and O–H groups in total. The van der Waals surface area contributed by atoms with E-state index in [9.17, 15) is 14.4 Å². The van der Waals surface area contributed by atoms with E-state index in [1.54, 1.807) is 18.5 Å². The zero-order valence-electron chi connectivity index (χ0n) is 13.5. The van der Waals surface area contributed by atoms with Gasteiger partial charge >= 0.3 is 5.97 Å². The van der Waals surface area contributed by atoms with Gasteiger partial charge in [-0.3, -0.25) is 14.0 Å². The van der Waals surface area contributed by atoms with Gasteiger partial charge in [0, 0.05) is 29.9 Å². The van der Waals surface area contributed by atoms with Gasteiger partial charge in [-0.15, -0.1) is 23.1 Å². The average molecular weight is 383 g/mol. The number of hydrogen-bond acceptors (Lipinski definition) is 7. The highest BCUT2D eigenvalue weighted by atomic mass is 32.2. The van der Waals surface area contributed by atoms with Crippen LogP contribution in [0.25, 0.3) is 4.96 Å². The Labute approximate surface area is 151 Å². The van der Waals surface area contributed by atoms with E-state index in [0.29, 0.717) is 23.0 Å². The van der Waals surface area contributed by atoms with E-state index in [4.69, 9.17) is 9.84 Å². The lowest BCUT2D eigenvalue weighted by Gasteiger charge is -2.34. The molecule has 1 aliphatic heterocycles. The molecule has 134 valence electrons. The highest BCUT2D eigenvalue weighted by Gasteiger charge is 2.32. The van der Waals surface area contributed by atoms with Crippen molar-refractivity contribution in [1.29, 1.82) is 0 Å². The van der Waals surface area contributed by atoms with E-state index in [-0.39, 0.29) is 29.9 Å². The normalized spacial score (nSPS) is 20.8. The number of fused-ring (bicyclic) bond motifs is 1. The number of carboxylic acids is 1. The summed E-state index contributed by atoms with van der Waals surface area (Å²) in [6, 6.07) is 1.47. The van der Waals surface area contributed by atoms with Crippen LogP contribution >= 0.6 is 23.1 Å². The molecule has 25 heavy (non-hydrogen) atoms. The van der Waals surface area contributed by atoms with Gasteiger partial charge < -0.3 is 14.7 Å². The van der Waals surface area contributed by atoms with E-state index in [1.165, 1.54) is 38.5 Å². The summed E-state index contributed by atoms with van der Waals surface area (Å²) in [7, 11) is 0. The number of nitrogens with zero attached hydrogens (tertiary/aromatic N) is 3. The predicted octanol–water partition coefficient (Wildman–Crippen LogP) is 0.690. The molecule has 1 unspecified atom stereocenters. The second-order valence-electron chi connectivity index (χ2n) is 5.71. The molecule has 2 aromatic rings. The predicted molar refractivity (Wildman–Crippen MR) is 94.1 cm³/mol. The number of hydrogen-bond donors (Lipinski definition) is 1. The first-order valence-corrected chi connectivity index (χ1v) is 9.67. The summed E-state index contributed by atoms with van der Waals surface area (Å²) < 4.78 is 6.78. The number of carboxylic acid groups (broad SMARTS) is 1. The van der Waals surface area contributed by atoms with Crippen LogP contribution in [-0.4, -0.2) is 62.3 Å². The van der Waals surface area contributed by atoms with Crippen LogP contribution in [0, 0.1) is 0 Å². The number of amides is 1. The van der Waals surface area contributed by atoms with Crippen LogP contribution in [0.1, 0.15) is 12.6 Å². The zero-order chi connectivity index (χ0) is 18.0. The van der Waals surface area contributed by atoms with E-state index in [0.717, 1.165) is 0 Å². The smallest absolute Gasteiger partial charge is 0.334 e. The number of morpholine rings is 1. The van der Waals surface area contributed by atoms with Crippen LogP contribution in [0.2, 0.25) is 0 Å². The van der Waals surface area contributed by atoms with E-state index in [1.807, 2.05) is 0 Å². The van der Waals surface area contributed by atoms with Crippen LogP contribution in [0.15, 0.2) is 22.4 Å². The third-order valence-corrected chi connectivity index (χ3v) is 5.43. The number of carbonyl (C=O) groups excluding carboxylic acids is 1. The summed E-state index contributed by atoms with van der Waals surface area (Å²) >= 11 is 2.73. The standard InChI is InChI=1S/C15H17N3O5S2/c1-9-5-17(6-11(23-9)14(21)22)13(20)8-24-7-10-4-12(19)18-2-3-25-15(18)16-10/h2-4,9,11H,5-8H2,1H3,(H,21,22)/t9-,11?/m1/s1. The van der Waals surface area contributed by atoms with Gasteiger partial charge in [0.05, 0.1) is 24.1 Å². The Morgan fingerprint density at radius 2 is 2.28 bits per heavy atom. The van der Waals surface area contributed by atoms with Crippen LogP contribution in [0.4, 0.5) is 0 Å². The Bertz CT molecular complexity index is 849. The summed E-state index contributed by atoms with van der Waals surface area (Å²) in [5.41, 5.74) is 0.489. The SMILES string of the molecule is C[C@@H]1CN(C(=O)CSCc2cc(=O)n3ccsc3n2)CC(C(=O)O)O1. The zero-order valence-corrected chi connectivity index (χ0v) is 15.1. The molecule has 8 nitrogen and oxygen atoms in total. The minimum atomic E-state index is -1.06. The van der Waals surface area contributed by atoms with Gasteiger partial charge in [0.25, 0.3) is 5.56 Å². The van der Waals surface area contributed by atoms with Crippen LogP contribution < -0.4 is 5.56 Å². The maximum Gasteiger partial charge on any atom is 0.334 e. The number of rotatable bonds is 5. The fraction of sp³-hybridized carbons (Fsp3) is 0.467. The molecular formula is C15H17N3O5S2. The van der Waals surface area contributed by atoms with Crippen molar-refractivity contribution in [3.05, 3.63) is 33.7 Å². The molecule has 1 fully saturated rings. The number of carbonyl (C=O) groups is 2. The first-order valence-electron chi connectivity index (χ1n) is 7.63. The van der Waals surface area contributed by atoms with Crippen molar-refractivity contribution < 1.29 is 19.4 Å². The van der Waals surface area contributed by atoms with Crippen molar-refractivity contribution in [2.24, 2.45) is 0 Å². The number of thioether (sulfide) groups is 1. The maximum atomic E-state index is 12.3. The fourth-order valence-electron chi connectivity index (χ4n) is 2.59. The molecule has 0 aliphatic carbocycles. The quantitative estimate of drug-likeness (QED) is 0.810. The summed E-state index contributed by atoms with van der Waals surface area (Å²) in [5, 5.41) is 10.9. The van der Waals surface area contributed by atoms with Crippen molar-refractivity contribution in [3.8, 4) is 0 Å². The van der Waals surface area contributed by atoms with Crippen molar-refractivity contribution in [3.63, 3.8) is 0 Å². The van der Waals surface area contributed by atoms with Crippen LogP contribution in [0.5, 0.6) is 0 Å². The summed E-state index contributed by atoms with van der Waals surface area (Å²) in [6.45, 7) is 2.18. The molecule has 2 aromatic heterocycles. The fourth-order valence-corrected chi connectivity index (χ4v) is 4.14. The number of aromatic nitrogens is 2. The number of aliphatic carboxylic acids is 1. The van der Waals surface area contributed by atoms with E-state index < -0.39 is 12.1 Å². The molecule has 0 radical (unpaired) electrons. The molecule has 1 amide bonds. The van der Waals surface area contributed by atoms with Crippen molar-refractivity contribution in [1.82, 2.24) is 14.3 Å². The lowest BCUT2D eigenvalue weighted by molar-refractivity contribution is -0.165. The third-order valence-electron chi connectivity index (χ3n) is 3.72. The molecule has 0 aromatic carbocycles. The maximum absolute atomic E-state index is 12.3. The topological polar surface area (TPSA) is 101 Å². The Hall–Kier alpha value is -1.91. The highest BCUT2D eigenvalue weighted by Crippen LogP contribution is 2.16. The molecule has 0 saturated carbocycles. The van der Waals surface area contributed by atoms with Gasteiger partial charge in [0.2, 0.25) is 5.91 Å². The number of ether oxygens (including phenoxy) is 1. The van der Waals surface area contributed by atoms with Gasteiger partial charge in [0.15, 0.2) is 11.1 Å². The Morgan fingerprint density at radius 3 is 3.04 bits per heavy atom. The average Bonchev–Trinajstić information content (AvgIpc) is 3.03. The number of thiazole rings is 1. The summed E-state index contributed by atoms with van der Waals surface area (Å²) in [6.07, 6.45) is 0.376. The minimum Gasteiger partial charge on any atom is -0.479 e. The van der Waals surface area contributed by atoms with Gasteiger partial charge in [0.1, 0.15) is 0 Å². The Morgan fingerprint density at radius 1 is 1.48 bits per heavy atom. The molecule has 3 heterocycles. The Kier molecular flexibility index (Phi) is 5.40. The third kappa shape index (κ3) is 4.20. The molecule has 2 atom stereocenters. The van der Waals surface area contributed by atoms with E-state index in [2.05, 4.69) is 4.98 Å². The van der Waals surface area contributed by atoms with Crippen molar-refractivity contribution in [2.75, 3.05) is 18.8 Å². The minimum absolute atomic E-state index is 0.0554. The van der Waals surface area contributed by atoms with Gasteiger partial charge in [-0.1, -0.05) is 0 Å². The molecule has 1 saturated heterocycles. The summed E-state index contributed by atoms with van der Waals surface area (Å²) in [5.74, 6) is -0.561. The highest BCUT2D eigenvalue weighted by molar-refractivity contribution is 7.99. The molecule has 0 bridgehead atoms. The van der Waals surface area contributed by atoms with Crippen molar-refractivity contribution >= 4 is 39.9 Å². The lowest BCUT2D eigenvalue weighted by Crippen LogP contribution is -2.52. The van der Waals surface area contributed by atoms with Gasteiger partial charge in [-0.2, -0.15) is 0 Å². The van der Waals surface area contributed by atoms with Crippen LogP contribution in [-0.2, 0) is 20.1 Å². The van der Waals surface area contributed by atoms with E-state index >= 15 is 0 Å². The van der Waals surface area contributed by atoms with Crippen molar-refractivity contribution in [2.45, 2.75) is 24.9 Å². The van der Waals surface area contributed by atoms with Gasteiger partial charge in [-0.05, 0) is 6.92 Å². The van der Waals surface area contributed by atoms with Gasteiger partial charge in [-0.25, -0.2) is 9.78 Å². The Balaban J connectivity index is 1.56.